The maximum absolute atomic E-state index is 12.9. The van der Waals surface area contributed by atoms with Gasteiger partial charge < -0.3 is 10.2 Å². The lowest BCUT2D eigenvalue weighted by Crippen LogP contribution is -2.50. The summed E-state index contributed by atoms with van der Waals surface area (Å²) >= 11 is 1.42. The highest BCUT2D eigenvalue weighted by Gasteiger charge is 2.28. The Morgan fingerprint density at radius 3 is 3.08 bits per heavy atom. The van der Waals surface area contributed by atoms with Crippen LogP contribution >= 0.6 is 23.7 Å². The van der Waals surface area contributed by atoms with E-state index in [1.807, 2.05) is 22.4 Å². The summed E-state index contributed by atoms with van der Waals surface area (Å²) in [6.45, 7) is 2.00. The lowest BCUT2D eigenvalue weighted by atomic mass is 10.1. The van der Waals surface area contributed by atoms with E-state index in [2.05, 4.69) is 15.3 Å². The predicted octanol–water partition coefficient (Wildman–Crippen LogP) is 1.45. The summed E-state index contributed by atoms with van der Waals surface area (Å²) in [6.07, 6.45) is 4.96. The molecule has 1 aliphatic heterocycles. The summed E-state index contributed by atoms with van der Waals surface area (Å²) in [5.41, 5.74) is 0.814. The summed E-state index contributed by atoms with van der Waals surface area (Å²) in [7, 11) is 0. The van der Waals surface area contributed by atoms with Gasteiger partial charge >= 0.3 is 0 Å². The molecule has 0 aliphatic carbocycles. The maximum Gasteiger partial charge on any atom is 0.262 e. The zero-order valence-electron chi connectivity index (χ0n) is 13.9. The molecular weight excluding hydrogens is 374 g/mol. The second-order valence-electron chi connectivity index (χ2n) is 5.91. The number of amides is 1. The SMILES string of the molecule is Cl.O=C(Cn1cnc2sccc2c1=O)N1CCNCC1c1cccnc1. The molecule has 4 rings (SSSR count). The summed E-state index contributed by atoms with van der Waals surface area (Å²) < 4.78 is 1.39. The number of fused-ring (bicyclic) bond motifs is 1. The first-order valence-electron chi connectivity index (χ1n) is 8.07. The van der Waals surface area contributed by atoms with Crippen molar-refractivity contribution in [2.24, 2.45) is 0 Å². The molecule has 0 saturated carbocycles. The van der Waals surface area contributed by atoms with Gasteiger partial charge in [-0.05, 0) is 23.1 Å². The third-order valence-corrected chi connectivity index (χ3v) is 5.21. The van der Waals surface area contributed by atoms with E-state index in [0.29, 0.717) is 23.3 Å². The number of nitrogens with zero attached hydrogens (tertiary/aromatic N) is 4. The van der Waals surface area contributed by atoms with Crippen LogP contribution in [0.1, 0.15) is 11.6 Å². The number of nitrogens with one attached hydrogen (secondary N) is 1. The number of carbonyl (C=O) groups excluding carboxylic acids is 1. The molecule has 3 aromatic rings. The highest BCUT2D eigenvalue weighted by molar-refractivity contribution is 7.16. The topological polar surface area (TPSA) is 80.1 Å². The van der Waals surface area contributed by atoms with Gasteiger partial charge in [0.15, 0.2) is 0 Å². The maximum atomic E-state index is 12.9. The molecule has 3 aromatic heterocycles. The molecule has 0 aromatic carbocycles. The first kappa shape index (κ1) is 18.5. The van der Waals surface area contributed by atoms with E-state index in [-0.39, 0.29) is 36.5 Å². The molecule has 1 N–H and O–H groups in total. The van der Waals surface area contributed by atoms with Gasteiger partial charge in [-0.3, -0.25) is 19.1 Å². The zero-order valence-corrected chi connectivity index (χ0v) is 15.5. The Bertz CT molecular complexity index is 958. The standard InChI is InChI=1S/C17H17N5O2S.ClH/c23-15(10-21-11-20-16-13(17(21)24)3-7-25-16)22-6-5-19-9-14(22)12-2-1-4-18-8-12;/h1-4,7-8,11,14,19H,5-6,9-10H2;1H. The molecule has 136 valence electrons. The number of aromatic nitrogens is 3. The van der Waals surface area contributed by atoms with Crippen LogP contribution in [0.25, 0.3) is 10.2 Å². The first-order chi connectivity index (χ1) is 12.2. The van der Waals surface area contributed by atoms with Crippen molar-refractivity contribution in [3.8, 4) is 0 Å². The number of pyridine rings is 1. The van der Waals surface area contributed by atoms with Crippen LogP contribution in [0.3, 0.4) is 0 Å². The zero-order chi connectivity index (χ0) is 17.2. The minimum atomic E-state index is -0.173. The normalized spacial score (nSPS) is 17.1. The Morgan fingerprint density at radius 1 is 1.38 bits per heavy atom. The first-order valence-corrected chi connectivity index (χ1v) is 8.95. The Morgan fingerprint density at radius 2 is 2.27 bits per heavy atom. The largest absolute Gasteiger partial charge is 0.331 e. The Balaban J connectivity index is 0.00000196. The number of rotatable bonds is 3. The fourth-order valence-electron chi connectivity index (χ4n) is 3.12. The van der Waals surface area contributed by atoms with Crippen LogP contribution in [0.2, 0.25) is 0 Å². The smallest absolute Gasteiger partial charge is 0.262 e. The fraction of sp³-hybridized carbons (Fsp3) is 0.294. The lowest BCUT2D eigenvalue weighted by molar-refractivity contribution is -0.135. The van der Waals surface area contributed by atoms with Crippen LogP contribution in [-0.4, -0.2) is 45.0 Å². The Hall–Kier alpha value is -2.29. The van der Waals surface area contributed by atoms with Crippen molar-refractivity contribution in [2.45, 2.75) is 12.6 Å². The van der Waals surface area contributed by atoms with Gasteiger partial charge in [0.2, 0.25) is 5.91 Å². The molecule has 9 heteroatoms. The average Bonchev–Trinajstić information content (AvgIpc) is 3.14. The molecule has 0 spiro atoms. The molecule has 1 fully saturated rings. The number of halogens is 1. The minimum Gasteiger partial charge on any atom is -0.331 e. The van der Waals surface area contributed by atoms with Crippen LogP contribution in [0.15, 0.2) is 47.1 Å². The van der Waals surface area contributed by atoms with Gasteiger partial charge in [0.1, 0.15) is 11.4 Å². The van der Waals surface area contributed by atoms with Crippen LogP contribution in [0.5, 0.6) is 0 Å². The Kier molecular flexibility index (Phi) is 5.65. The molecule has 1 aliphatic rings. The summed E-state index contributed by atoms with van der Waals surface area (Å²) in [4.78, 5) is 36.3. The van der Waals surface area contributed by atoms with Gasteiger partial charge in [0.25, 0.3) is 5.56 Å². The fourth-order valence-corrected chi connectivity index (χ4v) is 3.84. The number of piperazine rings is 1. The minimum absolute atomic E-state index is 0. The molecule has 7 nitrogen and oxygen atoms in total. The molecular formula is C17H18ClN5O2S. The van der Waals surface area contributed by atoms with E-state index in [1.54, 1.807) is 18.5 Å². The van der Waals surface area contributed by atoms with Crippen molar-refractivity contribution in [3.63, 3.8) is 0 Å². The van der Waals surface area contributed by atoms with Crippen LogP contribution in [-0.2, 0) is 11.3 Å². The van der Waals surface area contributed by atoms with Gasteiger partial charge in [-0.1, -0.05) is 6.07 Å². The van der Waals surface area contributed by atoms with Crippen LogP contribution < -0.4 is 10.9 Å². The van der Waals surface area contributed by atoms with Gasteiger partial charge in [-0.15, -0.1) is 23.7 Å². The van der Waals surface area contributed by atoms with Gasteiger partial charge in [0, 0.05) is 32.0 Å². The number of carbonyl (C=O) groups is 1. The Labute approximate surface area is 160 Å². The second-order valence-corrected chi connectivity index (χ2v) is 6.81. The van der Waals surface area contributed by atoms with E-state index >= 15 is 0 Å². The van der Waals surface area contributed by atoms with Crippen molar-refractivity contribution < 1.29 is 4.79 Å². The molecule has 0 bridgehead atoms. The van der Waals surface area contributed by atoms with E-state index in [9.17, 15) is 9.59 Å². The van der Waals surface area contributed by atoms with Crippen molar-refractivity contribution >= 4 is 39.9 Å². The third kappa shape index (κ3) is 3.48. The average molecular weight is 392 g/mol. The number of thiophene rings is 1. The molecule has 1 unspecified atom stereocenters. The van der Waals surface area contributed by atoms with E-state index < -0.39 is 0 Å². The van der Waals surface area contributed by atoms with Gasteiger partial charge in [-0.2, -0.15) is 0 Å². The molecule has 1 saturated heterocycles. The van der Waals surface area contributed by atoms with Crippen molar-refractivity contribution in [2.75, 3.05) is 19.6 Å². The van der Waals surface area contributed by atoms with E-state index in [4.69, 9.17) is 0 Å². The highest BCUT2D eigenvalue weighted by Crippen LogP contribution is 2.22. The molecule has 1 amide bonds. The monoisotopic (exact) mass is 391 g/mol. The summed E-state index contributed by atoms with van der Waals surface area (Å²) in [5.74, 6) is -0.0890. The van der Waals surface area contributed by atoms with Crippen LogP contribution in [0.4, 0.5) is 0 Å². The second kappa shape index (κ2) is 7.94. The lowest BCUT2D eigenvalue weighted by Gasteiger charge is -2.36. The van der Waals surface area contributed by atoms with Crippen molar-refractivity contribution in [3.05, 3.63) is 58.2 Å². The summed E-state index contributed by atoms with van der Waals surface area (Å²) in [6, 6.07) is 5.50. The number of hydrogen-bond donors (Lipinski definition) is 1. The van der Waals surface area contributed by atoms with E-state index in [0.717, 1.165) is 12.1 Å². The van der Waals surface area contributed by atoms with Crippen molar-refractivity contribution in [1.29, 1.82) is 0 Å². The third-order valence-electron chi connectivity index (χ3n) is 4.39. The molecule has 1 atom stereocenters. The summed E-state index contributed by atoms with van der Waals surface area (Å²) in [5, 5.41) is 5.71. The van der Waals surface area contributed by atoms with Gasteiger partial charge in [-0.25, -0.2) is 4.98 Å². The van der Waals surface area contributed by atoms with E-state index in [1.165, 1.54) is 22.2 Å². The molecule has 4 heterocycles. The van der Waals surface area contributed by atoms with Crippen molar-refractivity contribution in [1.82, 2.24) is 24.8 Å². The quantitative estimate of drug-likeness (QED) is 0.731. The molecule has 26 heavy (non-hydrogen) atoms. The predicted molar refractivity (Wildman–Crippen MR) is 103 cm³/mol. The molecule has 0 radical (unpaired) electrons. The highest BCUT2D eigenvalue weighted by atomic mass is 35.5. The van der Waals surface area contributed by atoms with Crippen LogP contribution in [0, 0.1) is 0 Å². The number of hydrogen-bond acceptors (Lipinski definition) is 6. The van der Waals surface area contributed by atoms with Gasteiger partial charge in [0.05, 0.1) is 17.8 Å².